The summed E-state index contributed by atoms with van der Waals surface area (Å²) in [5, 5.41) is 10.1. The predicted octanol–water partition coefficient (Wildman–Crippen LogP) is 8.89. The molecule has 240 valence electrons. The zero-order valence-electron chi connectivity index (χ0n) is 27.5. The Hall–Kier alpha value is -2.40. The summed E-state index contributed by atoms with van der Waals surface area (Å²) in [6.45, 7) is 14.4. The number of esters is 2. The van der Waals surface area contributed by atoms with E-state index in [0.717, 1.165) is 24.2 Å². The maximum Gasteiger partial charge on any atom is 0.336 e. The van der Waals surface area contributed by atoms with Gasteiger partial charge in [0, 0.05) is 11.5 Å². The molecular weight excluding hydrogens is 536 g/mol. The van der Waals surface area contributed by atoms with Gasteiger partial charge in [0.15, 0.2) is 0 Å². The van der Waals surface area contributed by atoms with Crippen molar-refractivity contribution in [3.63, 3.8) is 0 Å². The van der Waals surface area contributed by atoms with Crippen LogP contribution in [-0.2, 0) is 25.5 Å². The average molecular weight is 595 g/mol. The van der Waals surface area contributed by atoms with E-state index in [4.69, 9.17) is 9.47 Å². The maximum atomic E-state index is 12.4. The minimum atomic E-state index is -1.35. The van der Waals surface area contributed by atoms with Gasteiger partial charge in [0.25, 0.3) is 0 Å². The molecule has 2 saturated carbocycles. The fraction of sp³-hybridized carbons (Fsp3) is 0.684. The van der Waals surface area contributed by atoms with E-state index in [1.165, 1.54) is 102 Å². The largest absolute Gasteiger partial charge is 0.462 e. The summed E-state index contributed by atoms with van der Waals surface area (Å²) < 4.78 is 10.8. The highest BCUT2D eigenvalue weighted by Gasteiger charge is 2.31. The average Bonchev–Trinajstić information content (AvgIpc) is 3.00. The number of carbonyl (C=O) groups excluding carboxylic acids is 2. The molecule has 0 spiro atoms. The first-order chi connectivity index (χ1) is 20.5. The van der Waals surface area contributed by atoms with Crippen molar-refractivity contribution < 1.29 is 24.2 Å². The summed E-state index contributed by atoms with van der Waals surface area (Å²) in [4.78, 5) is 24.3. The molecule has 0 bridgehead atoms. The number of hydrogen-bond donors (Lipinski definition) is 1. The van der Waals surface area contributed by atoms with Crippen molar-refractivity contribution in [2.75, 3.05) is 13.2 Å². The Labute approximate surface area is 261 Å². The number of ether oxygens (including phenoxy) is 2. The Morgan fingerprint density at radius 2 is 1.44 bits per heavy atom. The summed E-state index contributed by atoms with van der Waals surface area (Å²) in [5.74, 6) is 2.27. The van der Waals surface area contributed by atoms with Crippen molar-refractivity contribution in [2.45, 2.75) is 129 Å². The molecule has 2 aliphatic carbocycles. The lowest BCUT2D eigenvalue weighted by atomic mass is 9.68. The summed E-state index contributed by atoms with van der Waals surface area (Å²) in [6, 6.07) is 9.04. The van der Waals surface area contributed by atoms with Gasteiger partial charge >= 0.3 is 11.9 Å². The lowest BCUT2D eigenvalue weighted by molar-refractivity contribution is -0.145. The topological polar surface area (TPSA) is 72.8 Å². The van der Waals surface area contributed by atoms with Gasteiger partial charge in [0.1, 0.15) is 0 Å². The first-order valence-electron chi connectivity index (χ1n) is 17.0. The van der Waals surface area contributed by atoms with Crippen LogP contribution >= 0.6 is 0 Å². The lowest BCUT2D eigenvalue weighted by Gasteiger charge is -2.38. The Balaban J connectivity index is 1.45. The molecule has 2 aliphatic rings. The van der Waals surface area contributed by atoms with E-state index in [9.17, 15) is 14.7 Å². The molecule has 1 N–H and O–H groups in total. The van der Waals surface area contributed by atoms with E-state index in [-0.39, 0.29) is 24.7 Å². The molecule has 1 aromatic carbocycles. The van der Waals surface area contributed by atoms with Gasteiger partial charge in [0.2, 0.25) is 0 Å². The van der Waals surface area contributed by atoms with Gasteiger partial charge in [-0.2, -0.15) is 0 Å². The summed E-state index contributed by atoms with van der Waals surface area (Å²) in [6.07, 6.45) is 18.3. The molecule has 5 heteroatoms. The van der Waals surface area contributed by atoms with Gasteiger partial charge in [-0.05, 0) is 107 Å². The molecule has 0 aromatic heterocycles. The fourth-order valence-corrected chi connectivity index (χ4v) is 6.94. The third-order valence-electron chi connectivity index (χ3n) is 10.1. The van der Waals surface area contributed by atoms with Gasteiger partial charge in [-0.1, -0.05) is 82.9 Å². The number of hydrogen-bond acceptors (Lipinski definition) is 5. The fourth-order valence-electron chi connectivity index (χ4n) is 6.94. The van der Waals surface area contributed by atoms with Crippen LogP contribution in [0.3, 0.4) is 0 Å². The lowest BCUT2D eigenvalue weighted by Crippen LogP contribution is -2.30. The molecule has 43 heavy (non-hydrogen) atoms. The molecule has 1 aromatic rings. The van der Waals surface area contributed by atoms with Gasteiger partial charge in [-0.25, -0.2) is 9.59 Å². The van der Waals surface area contributed by atoms with Crippen molar-refractivity contribution >= 4 is 11.9 Å². The van der Waals surface area contributed by atoms with E-state index < -0.39 is 17.5 Å². The van der Waals surface area contributed by atoms with Crippen LogP contribution < -0.4 is 0 Å². The second-order valence-corrected chi connectivity index (χ2v) is 14.0. The predicted molar refractivity (Wildman–Crippen MR) is 175 cm³/mol. The number of unbranched alkanes of at least 4 members (excludes halogenated alkanes) is 2. The molecule has 0 radical (unpaired) electrons. The van der Waals surface area contributed by atoms with Crippen LogP contribution in [0.25, 0.3) is 0 Å². The third kappa shape index (κ3) is 11.6. The van der Waals surface area contributed by atoms with E-state index in [1.54, 1.807) is 6.92 Å². The number of benzene rings is 1. The van der Waals surface area contributed by atoms with Crippen molar-refractivity contribution in [1.29, 1.82) is 0 Å². The zero-order valence-corrected chi connectivity index (χ0v) is 27.5. The van der Waals surface area contributed by atoms with Crippen LogP contribution in [-0.4, -0.2) is 35.9 Å². The summed E-state index contributed by atoms with van der Waals surface area (Å²) >= 11 is 0. The number of aryl methyl sites for hydroxylation is 1. The highest BCUT2D eigenvalue weighted by Crippen LogP contribution is 2.44. The summed E-state index contributed by atoms with van der Waals surface area (Å²) in [7, 11) is 0. The molecular formula is C38H58O5. The van der Waals surface area contributed by atoms with Gasteiger partial charge in [0.05, 0.1) is 24.4 Å². The van der Waals surface area contributed by atoms with E-state index in [0.29, 0.717) is 17.9 Å². The second-order valence-electron chi connectivity index (χ2n) is 14.0. The first-order valence-corrected chi connectivity index (χ1v) is 17.0. The van der Waals surface area contributed by atoms with Crippen LogP contribution in [0.2, 0.25) is 0 Å². The maximum absolute atomic E-state index is 12.4. The quantitative estimate of drug-likeness (QED) is 0.118. The molecule has 0 saturated heterocycles. The minimum absolute atomic E-state index is 0.0000113. The first kappa shape index (κ1) is 35.1. The number of aliphatic hydroxyl groups is 1. The number of rotatable bonds is 16. The van der Waals surface area contributed by atoms with E-state index >= 15 is 0 Å². The molecule has 2 fully saturated rings. The highest BCUT2D eigenvalue weighted by atomic mass is 16.5. The molecule has 0 aliphatic heterocycles. The van der Waals surface area contributed by atoms with Crippen LogP contribution in [0.4, 0.5) is 0 Å². The monoisotopic (exact) mass is 594 g/mol. The summed E-state index contributed by atoms with van der Waals surface area (Å²) in [5.41, 5.74) is 1.65. The third-order valence-corrected chi connectivity index (χ3v) is 10.1. The Morgan fingerprint density at radius 3 is 1.98 bits per heavy atom. The molecule has 0 heterocycles. The number of carbonyl (C=O) groups is 2. The Bertz CT molecular complexity index is 1030. The molecule has 1 atom stereocenters. The van der Waals surface area contributed by atoms with E-state index in [2.05, 4.69) is 44.3 Å². The molecule has 1 unspecified atom stereocenters. The SMILES string of the molecule is C=C(C)C(=O)OCC(CCc1ccc(C2CCC(C3CCC(CCCCC)CC3)CC2)cc1)COC(=O)C(=C)C(C)(C)O. The van der Waals surface area contributed by atoms with Crippen LogP contribution in [0.15, 0.2) is 48.6 Å². The van der Waals surface area contributed by atoms with Crippen LogP contribution in [0, 0.1) is 23.7 Å². The van der Waals surface area contributed by atoms with Crippen LogP contribution in [0.5, 0.6) is 0 Å². The van der Waals surface area contributed by atoms with Gasteiger partial charge < -0.3 is 14.6 Å². The highest BCUT2D eigenvalue weighted by molar-refractivity contribution is 5.89. The van der Waals surface area contributed by atoms with Gasteiger partial charge in [-0.15, -0.1) is 0 Å². The standard InChI is InChI=1S/C38H58O5/c1-7-8-9-10-29-13-17-32(18-14-29)34-21-23-35(24-22-34)33-19-15-30(16-20-33)11-12-31(25-42-36(39)27(2)3)26-43-37(40)28(4)38(5,6)41/h15-16,19-20,29,31-32,34-35,41H,2,4,7-14,17-18,21-26H2,1,3,5-6H3. The van der Waals surface area contributed by atoms with Gasteiger partial charge in [-0.3, -0.25) is 0 Å². The minimum Gasteiger partial charge on any atom is -0.462 e. The van der Waals surface area contributed by atoms with Crippen LogP contribution in [0.1, 0.15) is 128 Å². The van der Waals surface area contributed by atoms with Crippen molar-refractivity contribution in [3.05, 3.63) is 59.7 Å². The smallest absolute Gasteiger partial charge is 0.336 e. The van der Waals surface area contributed by atoms with Crippen molar-refractivity contribution in [1.82, 2.24) is 0 Å². The second kappa shape index (κ2) is 17.2. The van der Waals surface area contributed by atoms with Crippen molar-refractivity contribution in [2.24, 2.45) is 23.7 Å². The van der Waals surface area contributed by atoms with Crippen molar-refractivity contribution in [3.8, 4) is 0 Å². The Kier molecular flexibility index (Phi) is 14.0. The molecule has 0 amide bonds. The Morgan fingerprint density at radius 1 is 0.884 bits per heavy atom. The zero-order chi connectivity index (χ0) is 31.4. The molecule has 3 rings (SSSR count). The molecule has 5 nitrogen and oxygen atoms in total. The normalized spacial score (nSPS) is 23.3. The van der Waals surface area contributed by atoms with E-state index in [1.807, 2.05) is 0 Å².